The van der Waals surface area contributed by atoms with Crippen LogP contribution in [-0.4, -0.2) is 25.7 Å². The lowest BCUT2D eigenvalue weighted by molar-refractivity contribution is -0.139. The summed E-state index contributed by atoms with van der Waals surface area (Å²) in [6, 6.07) is 4.22. The molecule has 1 heterocycles. The number of anilines is 1. The summed E-state index contributed by atoms with van der Waals surface area (Å²) in [5, 5.41) is 0. The molecule has 1 aliphatic heterocycles. The number of hydrogen-bond donors (Lipinski definition) is 0. The van der Waals surface area contributed by atoms with E-state index in [2.05, 4.69) is 37.8 Å². The topological polar surface area (TPSA) is 29.3 Å². The summed E-state index contributed by atoms with van der Waals surface area (Å²) in [5.74, 6) is -0.139. The number of ether oxygens (including phenoxy) is 1. The summed E-state index contributed by atoms with van der Waals surface area (Å²) in [6.07, 6.45) is 0. The smallest absolute Gasteiger partial charge is 0.330 e. The second-order valence-corrected chi connectivity index (χ2v) is 4.44. The van der Waals surface area contributed by atoms with Crippen molar-refractivity contribution in [1.82, 2.24) is 0 Å². The van der Waals surface area contributed by atoms with Gasteiger partial charge in [-0.3, -0.25) is 0 Å². The van der Waals surface area contributed by atoms with Gasteiger partial charge in [0.25, 0.3) is 0 Å². The maximum Gasteiger partial charge on any atom is 0.330 e. The van der Waals surface area contributed by atoms with Crippen molar-refractivity contribution < 1.29 is 9.53 Å². The number of rotatable bonds is 2. The number of carbonyl (C=O) groups excluding carboxylic acids is 1. The molecule has 3 heteroatoms. The fourth-order valence-electron chi connectivity index (χ4n) is 2.35. The molecule has 0 radical (unpaired) electrons. The Labute approximate surface area is 96.0 Å². The van der Waals surface area contributed by atoms with Crippen LogP contribution in [0.15, 0.2) is 12.1 Å². The molecule has 1 saturated heterocycles. The maximum absolute atomic E-state index is 11.4. The largest absolute Gasteiger partial charge is 0.467 e. The lowest BCUT2D eigenvalue weighted by Crippen LogP contribution is -2.15. The number of aryl methyl sites for hydroxylation is 3. The van der Waals surface area contributed by atoms with Gasteiger partial charge in [-0.1, -0.05) is 17.7 Å². The van der Waals surface area contributed by atoms with E-state index in [-0.39, 0.29) is 12.0 Å². The van der Waals surface area contributed by atoms with Crippen molar-refractivity contribution in [2.24, 2.45) is 0 Å². The summed E-state index contributed by atoms with van der Waals surface area (Å²) in [4.78, 5) is 13.5. The molecular formula is C13H17NO2. The Bertz CT molecular complexity index is 417. The van der Waals surface area contributed by atoms with E-state index >= 15 is 0 Å². The van der Waals surface area contributed by atoms with Crippen LogP contribution in [0.3, 0.4) is 0 Å². The van der Waals surface area contributed by atoms with Gasteiger partial charge in [-0.25, -0.2) is 4.79 Å². The van der Waals surface area contributed by atoms with E-state index in [1.807, 2.05) is 0 Å². The highest BCUT2D eigenvalue weighted by Gasteiger charge is 2.42. The Kier molecular flexibility index (Phi) is 2.62. The zero-order valence-corrected chi connectivity index (χ0v) is 10.2. The molecule has 0 bridgehead atoms. The Balaban J connectivity index is 2.27. The zero-order valence-electron chi connectivity index (χ0n) is 10.2. The highest BCUT2D eigenvalue weighted by molar-refractivity contribution is 5.87. The number of benzene rings is 1. The summed E-state index contributed by atoms with van der Waals surface area (Å²) in [7, 11) is 1.44. The summed E-state index contributed by atoms with van der Waals surface area (Å²) < 4.78 is 4.75. The van der Waals surface area contributed by atoms with Gasteiger partial charge in [0.1, 0.15) is 6.04 Å². The Morgan fingerprint density at radius 1 is 1.31 bits per heavy atom. The Morgan fingerprint density at radius 2 is 1.88 bits per heavy atom. The first-order chi connectivity index (χ1) is 7.54. The normalized spacial score (nSPS) is 18.5. The van der Waals surface area contributed by atoms with Crippen LogP contribution in [0.4, 0.5) is 5.69 Å². The van der Waals surface area contributed by atoms with Gasteiger partial charge in [-0.05, 0) is 31.9 Å². The molecule has 1 fully saturated rings. The van der Waals surface area contributed by atoms with E-state index in [4.69, 9.17) is 4.74 Å². The van der Waals surface area contributed by atoms with E-state index in [1.54, 1.807) is 0 Å². The molecule has 1 aromatic rings. The standard InChI is InChI=1S/C13H17NO2/c1-8-5-9(2)12(10(3)6-8)14-7-11(14)13(15)16-4/h5-6,11H,7H2,1-4H3. The third-order valence-electron chi connectivity index (χ3n) is 3.01. The number of hydrogen-bond acceptors (Lipinski definition) is 3. The Morgan fingerprint density at radius 3 is 2.38 bits per heavy atom. The molecule has 16 heavy (non-hydrogen) atoms. The highest BCUT2D eigenvalue weighted by Crippen LogP contribution is 2.34. The first-order valence-corrected chi connectivity index (χ1v) is 5.47. The number of carbonyl (C=O) groups is 1. The van der Waals surface area contributed by atoms with Crippen LogP contribution in [0, 0.1) is 20.8 Å². The fourth-order valence-corrected chi connectivity index (χ4v) is 2.35. The summed E-state index contributed by atoms with van der Waals surface area (Å²) in [6.45, 7) is 7.03. The van der Waals surface area contributed by atoms with Gasteiger partial charge in [0.2, 0.25) is 0 Å². The van der Waals surface area contributed by atoms with Crippen molar-refractivity contribution >= 4 is 11.7 Å². The lowest BCUT2D eigenvalue weighted by atomic mass is 10.1. The SMILES string of the molecule is COC(=O)C1CN1c1c(C)cc(C)cc1C. The van der Waals surface area contributed by atoms with Gasteiger partial charge in [0.05, 0.1) is 13.7 Å². The summed E-state index contributed by atoms with van der Waals surface area (Å²) >= 11 is 0. The van der Waals surface area contributed by atoms with Gasteiger partial charge >= 0.3 is 5.97 Å². The molecule has 1 unspecified atom stereocenters. The first kappa shape index (κ1) is 11.0. The predicted octanol–water partition coefficient (Wildman–Crippen LogP) is 1.97. The molecule has 1 aliphatic rings. The van der Waals surface area contributed by atoms with Crippen LogP contribution >= 0.6 is 0 Å². The molecule has 3 nitrogen and oxygen atoms in total. The van der Waals surface area contributed by atoms with Crippen molar-refractivity contribution in [3.05, 3.63) is 28.8 Å². The van der Waals surface area contributed by atoms with Crippen LogP contribution < -0.4 is 4.90 Å². The monoisotopic (exact) mass is 219 g/mol. The molecule has 2 rings (SSSR count). The summed E-state index contributed by atoms with van der Waals surface area (Å²) in [5.41, 5.74) is 4.89. The minimum atomic E-state index is -0.139. The van der Waals surface area contributed by atoms with Crippen LogP contribution in [0.1, 0.15) is 16.7 Å². The molecule has 0 aliphatic carbocycles. The van der Waals surface area contributed by atoms with Gasteiger partial charge in [0.15, 0.2) is 0 Å². The molecule has 0 aromatic heterocycles. The minimum absolute atomic E-state index is 0.0786. The molecule has 0 amide bonds. The minimum Gasteiger partial charge on any atom is -0.467 e. The third kappa shape index (κ3) is 1.77. The fraction of sp³-hybridized carbons (Fsp3) is 0.462. The molecular weight excluding hydrogens is 202 g/mol. The predicted molar refractivity (Wildman–Crippen MR) is 63.8 cm³/mol. The van der Waals surface area contributed by atoms with Crippen LogP contribution in [0.2, 0.25) is 0 Å². The van der Waals surface area contributed by atoms with Crippen LogP contribution in [-0.2, 0) is 9.53 Å². The first-order valence-electron chi connectivity index (χ1n) is 5.47. The number of esters is 1. The van der Waals surface area contributed by atoms with Crippen LogP contribution in [0.25, 0.3) is 0 Å². The van der Waals surface area contributed by atoms with Crippen molar-refractivity contribution in [3.8, 4) is 0 Å². The van der Waals surface area contributed by atoms with E-state index in [0.717, 1.165) is 6.54 Å². The van der Waals surface area contributed by atoms with Gasteiger partial charge in [-0.2, -0.15) is 0 Å². The van der Waals surface area contributed by atoms with Crippen molar-refractivity contribution in [2.75, 3.05) is 18.6 Å². The zero-order chi connectivity index (χ0) is 11.9. The van der Waals surface area contributed by atoms with E-state index in [0.29, 0.717) is 0 Å². The molecule has 0 spiro atoms. The number of nitrogens with zero attached hydrogens (tertiary/aromatic N) is 1. The van der Waals surface area contributed by atoms with Gasteiger partial charge < -0.3 is 9.64 Å². The molecule has 86 valence electrons. The van der Waals surface area contributed by atoms with E-state index < -0.39 is 0 Å². The average Bonchev–Trinajstić information content (AvgIpc) is 2.95. The van der Waals surface area contributed by atoms with Crippen molar-refractivity contribution in [1.29, 1.82) is 0 Å². The number of methoxy groups -OCH3 is 1. The molecule has 1 atom stereocenters. The highest BCUT2D eigenvalue weighted by atomic mass is 16.5. The second-order valence-electron chi connectivity index (χ2n) is 4.44. The van der Waals surface area contributed by atoms with Gasteiger partial charge in [-0.15, -0.1) is 0 Å². The van der Waals surface area contributed by atoms with Crippen LogP contribution in [0.5, 0.6) is 0 Å². The quantitative estimate of drug-likeness (QED) is 0.562. The Hall–Kier alpha value is -1.51. The second kappa shape index (κ2) is 3.81. The molecule has 1 aromatic carbocycles. The average molecular weight is 219 g/mol. The van der Waals surface area contributed by atoms with E-state index in [9.17, 15) is 4.79 Å². The molecule has 0 saturated carbocycles. The van der Waals surface area contributed by atoms with E-state index in [1.165, 1.54) is 29.5 Å². The molecule has 0 N–H and O–H groups in total. The van der Waals surface area contributed by atoms with Crippen molar-refractivity contribution in [2.45, 2.75) is 26.8 Å². The van der Waals surface area contributed by atoms with Gasteiger partial charge in [0, 0.05) is 5.69 Å². The third-order valence-corrected chi connectivity index (χ3v) is 3.01. The maximum atomic E-state index is 11.4. The van der Waals surface area contributed by atoms with Crippen molar-refractivity contribution in [3.63, 3.8) is 0 Å². The lowest BCUT2D eigenvalue weighted by Gasteiger charge is -2.13.